The molecule has 1 fully saturated rings. The van der Waals surface area contributed by atoms with Gasteiger partial charge in [-0.05, 0) is 44.0 Å². The maximum absolute atomic E-state index is 6.08. The lowest BCUT2D eigenvalue weighted by molar-refractivity contribution is 0.359. The van der Waals surface area contributed by atoms with Crippen molar-refractivity contribution in [3.05, 3.63) is 33.8 Å². The van der Waals surface area contributed by atoms with Crippen molar-refractivity contribution >= 4 is 23.2 Å². The molecule has 0 spiro atoms. The van der Waals surface area contributed by atoms with Crippen molar-refractivity contribution in [2.75, 3.05) is 6.54 Å². The van der Waals surface area contributed by atoms with E-state index in [0.29, 0.717) is 10.0 Å². The number of halogens is 2. The van der Waals surface area contributed by atoms with Crippen molar-refractivity contribution < 1.29 is 0 Å². The van der Waals surface area contributed by atoms with Gasteiger partial charge in [-0.1, -0.05) is 42.1 Å². The van der Waals surface area contributed by atoms with Gasteiger partial charge in [0.1, 0.15) is 0 Å². The maximum atomic E-state index is 6.08. The van der Waals surface area contributed by atoms with Crippen LogP contribution in [-0.2, 0) is 5.54 Å². The standard InChI is InChI=1S/C13H17Cl2N/c1-13(7-3-2-4-8-16-13)10-5-6-11(14)12(15)9-10/h5-6,9,16H,2-4,7-8H2,1H3. The van der Waals surface area contributed by atoms with E-state index in [0.717, 1.165) is 13.0 Å². The van der Waals surface area contributed by atoms with Crippen molar-refractivity contribution in [3.63, 3.8) is 0 Å². The molecule has 0 amide bonds. The molecule has 0 saturated carbocycles. The molecule has 16 heavy (non-hydrogen) atoms. The zero-order valence-electron chi connectivity index (χ0n) is 9.52. The van der Waals surface area contributed by atoms with Gasteiger partial charge in [0, 0.05) is 5.54 Å². The lowest BCUT2D eigenvalue weighted by Gasteiger charge is -2.30. The topological polar surface area (TPSA) is 12.0 Å². The van der Waals surface area contributed by atoms with Gasteiger partial charge >= 0.3 is 0 Å². The zero-order valence-corrected chi connectivity index (χ0v) is 11.0. The summed E-state index contributed by atoms with van der Waals surface area (Å²) in [5.74, 6) is 0. The van der Waals surface area contributed by atoms with Crippen LogP contribution in [0.25, 0.3) is 0 Å². The van der Waals surface area contributed by atoms with E-state index >= 15 is 0 Å². The Hall–Kier alpha value is -0.240. The Morgan fingerprint density at radius 2 is 1.94 bits per heavy atom. The van der Waals surface area contributed by atoms with E-state index in [1.807, 2.05) is 12.1 Å². The van der Waals surface area contributed by atoms with E-state index in [-0.39, 0.29) is 5.54 Å². The zero-order chi connectivity index (χ0) is 11.6. The van der Waals surface area contributed by atoms with Crippen LogP contribution in [0.1, 0.15) is 38.2 Å². The van der Waals surface area contributed by atoms with Crippen molar-refractivity contribution in [3.8, 4) is 0 Å². The highest BCUT2D eigenvalue weighted by Crippen LogP contribution is 2.33. The van der Waals surface area contributed by atoms with Crippen LogP contribution < -0.4 is 5.32 Å². The smallest absolute Gasteiger partial charge is 0.0595 e. The Morgan fingerprint density at radius 1 is 1.12 bits per heavy atom. The molecule has 1 saturated heterocycles. The van der Waals surface area contributed by atoms with Gasteiger partial charge in [0.15, 0.2) is 0 Å². The van der Waals surface area contributed by atoms with Gasteiger partial charge in [-0.25, -0.2) is 0 Å². The first-order valence-electron chi connectivity index (χ1n) is 5.82. The third kappa shape index (κ3) is 2.53. The molecule has 1 unspecified atom stereocenters. The molecule has 0 radical (unpaired) electrons. The second kappa shape index (κ2) is 4.95. The van der Waals surface area contributed by atoms with Crippen LogP contribution in [0.15, 0.2) is 18.2 Å². The van der Waals surface area contributed by atoms with Crippen LogP contribution in [0.5, 0.6) is 0 Å². The Labute approximate surface area is 107 Å². The number of rotatable bonds is 1. The lowest BCUT2D eigenvalue weighted by Crippen LogP contribution is -2.38. The van der Waals surface area contributed by atoms with Crippen LogP contribution in [0.4, 0.5) is 0 Å². The molecule has 1 aromatic carbocycles. The molecule has 88 valence electrons. The quantitative estimate of drug-likeness (QED) is 0.788. The van der Waals surface area contributed by atoms with Crippen LogP contribution >= 0.6 is 23.2 Å². The Balaban J connectivity index is 2.29. The van der Waals surface area contributed by atoms with Gasteiger partial charge in [0.25, 0.3) is 0 Å². The molecule has 0 aliphatic carbocycles. The summed E-state index contributed by atoms with van der Waals surface area (Å²) in [6.45, 7) is 3.33. The van der Waals surface area contributed by atoms with Gasteiger partial charge in [-0.3, -0.25) is 0 Å². The highest BCUT2D eigenvalue weighted by molar-refractivity contribution is 6.42. The van der Waals surface area contributed by atoms with Gasteiger partial charge in [-0.2, -0.15) is 0 Å². The normalized spacial score (nSPS) is 26.4. The summed E-state index contributed by atoms with van der Waals surface area (Å²) >= 11 is 12.0. The summed E-state index contributed by atoms with van der Waals surface area (Å²) in [6.07, 6.45) is 5.00. The average molecular weight is 258 g/mol. The Morgan fingerprint density at radius 3 is 2.69 bits per heavy atom. The van der Waals surface area contributed by atoms with E-state index in [2.05, 4.69) is 18.3 Å². The Bertz CT molecular complexity index is 368. The lowest BCUT2D eigenvalue weighted by atomic mass is 9.88. The first kappa shape index (κ1) is 12.2. The van der Waals surface area contributed by atoms with E-state index in [1.54, 1.807) is 0 Å². The molecule has 3 heteroatoms. The van der Waals surface area contributed by atoms with Gasteiger partial charge in [-0.15, -0.1) is 0 Å². The molecule has 1 aliphatic rings. The first-order valence-corrected chi connectivity index (χ1v) is 6.58. The van der Waals surface area contributed by atoms with Crippen molar-refractivity contribution in [1.29, 1.82) is 0 Å². The predicted octanol–water partition coefficient (Wildman–Crippen LogP) is 4.37. The Kier molecular flexibility index (Phi) is 3.78. The molecule has 2 rings (SSSR count). The fraction of sp³-hybridized carbons (Fsp3) is 0.538. The second-order valence-electron chi connectivity index (χ2n) is 4.70. The van der Waals surface area contributed by atoms with Gasteiger partial charge < -0.3 is 5.32 Å². The van der Waals surface area contributed by atoms with Crippen LogP contribution in [0.3, 0.4) is 0 Å². The largest absolute Gasteiger partial charge is 0.308 e. The highest BCUT2D eigenvalue weighted by Gasteiger charge is 2.27. The van der Waals surface area contributed by atoms with Gasteiger partial charge in [0.2, 0.25) is 0 Å². The first-order chi connectivity index (χ1) is 7.62. The molecule has 0 bridgehead atoms. The van der Waals surface area contributed by atoms with E-state index in [4.69, 9.17) is 23.2 Å². The summed E-state index contributed by atoms with van der Waals surface area (Å²) in [5, 5.41) is 4.89. The van der Waals surface area contributed by atoms with Crippen LogP contribution in [0.2, 0.25) is 10.0 Å². The number of hydrogen-bond donors (Lipinski definition) is 1. The summed E-state index contributed by atoms with van der Waals surface area (Å²) in [5.41, 5.74) is 1.29. The highest BCUT2D eigenvalue weighted by atomic mass is 35.5. The minimum absolute atomic E-state index is 0.0464. The third-order valence-electron chi connectivity index (χ3n) is 3.43. The summed E-state index contributed by atoms with van der Waals surface area (Å²) < 4.78 is 0. The minimum Gasteiger partial charge on any atom is -0.308 e. The molecule has 1 aliphatic heterocycles. The molecular weight excluding hydrogens is 241 g/mol. The molecule has 1 aromatic rings. The molecule has 1 atom stereocenters. The van der Waals surface area contributed by atoms with Crippen LogP contribution in [0, 0.1) is 0 Å². The fourth-order valence-electron chi connectivity index (χ4n) is 2.32. The monoisotopic (exact) mass is 257 g/mol. The molecule has 1 heterocycles. The SMILES string of the molecule is CC1(c2ccc(Cl)c(Cl)c2)CCCCCN1. The maximum Gasteiger partial charge on any atom is 0.0595 e. The number of hydrogen-bond acceptors (Lipinski definition) is 1. The van der Waals surface area contributed by atoms with Crippen molar-refractivity contribution in [1.82, 2.24) is 5.32 Å². The average Bonchev–Trinajstić information content (AvgIpc) is 2.48. The molecular formula is C13H17Cl2N. The van der Waals surface area contributed by atoms with Crippen molar-refractivity contribution in [2.45, 2.75) is 38.1 Å². The fourth-order valence-corrected chi connectivity index (χ4v) is 2.62. The number of nitrogens with one attached hydrogen (secondary N) is 1. The van der Waals surface area contributed by atoms with E-state index in [9.17, 15) is 0 Å². The molecule has 1 N–H and O–H groups in total. The molecule has 1 nitrogen and oxygen atoms in total. The van der Waals surface area contributed by atoms with Crippen molar-refractivity contribution in [2.24, 2.45) is 0 Å². The van der Waals surface area contributed by atoms with Gasteiger partial charge in [0.05, 0.1) is 10.0 Å². The summed E-state index contributed by atoms with van der Waals surface area (Å²) in [6, 6.07) is 5.95. The van der Waals surface area contributed by atoms with E-state index < -0.39 is 0 Å². The van der Waals surface area contributed by atoms with E-state index in [1.165, 1.54) is 24.8 Å². The molecule has 0 aromatic heterocycles. The third-order valence-corrected chi connectivity index (χ3v) is 4.16. The summed E-state index contributed by atoms with van der Waals surface area (Å²) in [4.78, 5) is 0. The number of benzene rings is 1. The predicted molar refractivity (Wildman–Crippen MR) is 70.3 cm³/mol. The minimum atomic E-state index is 0.0464. The second-order valence-corrected chi connectivity index (χ2v) is 5.51. The van der Waals surface area contributed by atoms with Crippen LogP contribution in [-0.4, -0.2) is 6.54 Å². The summed E-state index contributed by atoms with van der Waals surface area (Å²) in [7, 11) is 0.